The average molecular weight is 318 g/mol. The van der Waals surface area contributed by atoms with Crippen LogP contribution in [0.1, 0.15) is 5.69 Å². The van der Waals surface area contributed by atoms with Gasteiger partial charge in [0.1, 0.15) is 4.47 Å². The van der Waals surface area contributed by atoms with Crippen LogP contribution in [0.25, 0.3) is 5.69 Å². The van der Waals surface area contributed by atoms with E-state index in [-0.39, 0.29) is 5.56 Å². The highest BCUT2D eigenvalue weighted by Crippen LogP contribution is 2.15. The molecule has 4 nitrogen and oxygen atoms in total. The highest BCUT2D eigenvalue weighted by Gasteiger charge is 2.12. The number of nitrogens with one attached hydrogen (secondary N) is 1. The van der Waals surface area contributed by atoms with E-state index in [1.807, 2.05) is 0 Å². The van der Waals surface area contributed by atoms with Crippen LogP contribution in [0.3, 0.4) is 0 Å². The zero-order valence-corrected chi connectivity index (χ0v) is 11.4. The maximum atomic E-state index is 11.9. The Morgan fingerprint density at radius 1 is 1.41 bits per heavy atom. The third kappa shape index (κ3) is 2.46. The first-order valence-electron chi connectivity index (χ1n) is 4.87. The topological polar surface area (TPSA) is 47.0 Å². The highest BCUT2D eigenvalue weighted by molar-refractivity contribution is 9.10. The number of benzene rings is 1. The minimum atomic E-state index is -0.153. The smallest absolute Gasteiger partial charge is 0.285 e. The van der Waals surface area contributed by atoms with E-state index in [2.05, 4.69) is 21.0 Å². The molecule has 0 aliphatic rings. The molecule has 1 aromatic carbocycles. The number of halogens is 2. The number of hydrogen-bond donors (Lipinski definition) is 1. The van der Waals surface area contributed by atoms with E-state index < -0.39 is 0 Å². The number of H-pyrrole nitrogens is 1. The van der Waals surface area contributed by atoms with Gasteiger partial charge in [-0.2, -0.15) is 0 Å². The van der Waals surface area contributed by atoms with Crippen molar-refractivity contribution in [2.75, 3.05) is 7.11 Å². The molecule has 0 aliphatic heterocycles. The molecule has 1 aromatic heterocycles. The van der Waals surface area contributed by atoms with Gasteiger partial charge in [-0.25, -0.2) is 4.68 Å². The SMILES string of the molecule is COCc1[nH]n(-c2ccc(Cl)cc2)c(=O)c1Br. The van der Waals surface area contributed by atoms with Crippen LogP contribution in [0, 0.1) is 0 Å². The lowest BCUT2D eigenvalue weighted by Gasteiger charge is -2.01. The molecule has 0 saturated carbocycles. The Morgan fingerprint density at radius 2 is 2.06 bits per heavy atom. The molecule has 1 N–H and O–H groups in total. The summed E-state index contributed by atoms with van der Waals surface area (Å²) in [5, 5.41) is 3.60. The van der Waals surface area contributed by atoms with Gasteiger partial charge in [0.25, 0.3) is 5.56 Å². The second-order valence-corrected chi connectivity index (χ2v) is 4.68. The van der Waals surface area contributed by atoms with Crippen molar-refractivity contribution in [1.29, 1.82) is 0 Å². The number of aromatic amines is 1. The summed E-state index contributed by atoms with van der Waals surface area (Å²) in [4.78, 5) is 11.9. The molecule has 0 radical (unpaired) electrons. The van der Waals surface area contributed by atoms with Crippen molar-refractivity contribution in [1.82, 2.24) is 9.78 Å². The standard InChI is InChI=1S/C11H10BrClN2O2/c1-17-6-9-10(12)11(16)15(14-9)8-4-2-7(13)3-5-8/h2-5,14H,6H2,1H3. The number of methoxy groups -OCH3 is 1. The van der Waals surface area contributed by atoms with Gasteiger partial charge in [-0.1, -0.05) is 11.6 Å². The Labute approximate surface area is 111 Å². The minimum absolute atomic E-state index is 0.153. The Morgan fingerprint density at radius 3 is 2.65 bits per heavy atom. The van der Waals surface area contributed by atoms with Gasteiger partial charge in [0.15, 0.2) is 0 Å². The summed E-state index contributed by atoms with van der Waals surface area (Å²) in [6, 6.07) is 6.99. The molecule has 0 spiro atoms. The molecular formula is C11H10BrClN2O2. The zero-order valence-electron chi connectivity index (χ0n) is 9.04. The van der Waals surface area contributed by atoms with Crippen LogP contribution in [0.5, 0.6) is 0 Å². The summed E-state index contributed by atoms with van der Waals surface area (Å²) < 4.78 is 6.92. The fourth-order valence-electron chi connectivity index (χ4n) is 1.47. The van der Waals surface area contributed by atoms with Crippen molar-refractivity contribution in [2.45, 2.75) is 6.61 Å². The summed E-state index contributed by atoms with van der Waals surface area (Å²) in [5.41, 5.74) is 1.27. The van der Waals surface area contributed by atoms with E-state index >= 15 is 0 Å². The molecule has 2 rings (SSSR count). The van der Waals surface area contributed by atoms with Crippen LogP contribution in [0.4, 0.5) is 0 Å². The maximum absolute atomic E-state index is 11.9. The third-order valence-electron chi connectivity index (χ3n) is 2.28. The fourth-order valence-corrected chi connectivity index (χ4v) is 1.98. The van der Waals surface area contributed by atoms with Crippen LogP contribution in [-0.2, 0) is 11.3 Å². The van der Waals surface area contributed by atoms with Crippen molar-refractivity contribution < 1.29 is 4.74 Å². The lowest BCUT2D eigenvalue weighted by molar-refractivity contribution is 0.180. The predicted octanol–water partition coefficient (Wildman–Crippen LogP) is 2.73. The van der Waals surface area contributed by atoms with Crippen molar-refractivity contribution in [2.24, 2.45) is 0 Å². The molecular weight excluding hydrogens is 307 g/mol. The molecule has 0 bridgehead atoms. The van der Waals surface area contributed by atoms with Crippen LogP contribution < -0.4 is 5.56 Å². The van der Waals surface area contributed by atoms with Crippen LogP contribution in [0.15, 0.2) is 33.5 Å². The van der Waals surface area contributed by atoms with E-state index in [0.717, 1.165) is 5.69 Å². The summed E-state index contributed by atoms with van der Waals surface area (Å²) in [6.45, 7) is 0.344. The van der Waals surface area contributed by atoms with Gasteiger partial charge in [0.05, 0.1) is 18.0 Å². The van der Waals surface area contributed by atoms with E-state index in [9.17, 15) is 4.79 Å². The van der Waals surface area contributed by atoms with Crippen molar-refractivity contribution in [3.8, 4) is 5.69 Å². The zero-order chi connectivity index (χ0) is 12.4. The maximum Gasteiger partial charge on any atom is 0.285 e. The number of nitrogens with zero attached hydrogens (tertiary/aromatic N) is 1. The number of hydrogen-bond acceptors (Lipinski definition) is 2. The van der Waals surface area contributed by atoms with Gasteiger partial charge >= 0.3 is 0 Å². The first kappa shape index (κ1) is 12.4. The van der Waals surface area contributed by atoms with E-state index in [4.69, 9.17) is 16.3 Å². The van der Waals surface area contributed by atoms with Crippen LogP contribution in [0.2, 0.25) is 5.02 Å². The van der Waals surface area contributed by atoms with E-state index in [1.165, 1.54) is 4.68 Å². The quantitative estimate of drug-likeness (QED) is 0.946. The average Bonchev–Trinajstić information content (AvgIpc) is 2.59. The van der Waals surface area contributed by atoms with Crippen LogP contribution in [-0.4, -0.2) is 16.9 Å². The third-order valence-corrected chi connectivity index (χ3v) is 3.35. The second kappa shape index (κ2) is 5.08. The molecule has 90 valence electrons. The van der Waals surface area contributed by atoms with E-state index in [0.29, 0.717) is 21.8 Å². The Hall–Kier alpha value is -1.04. The first-order valence-corrected chi connectivity index (χ1v) is 6.05. The lowest BCUT2D eigenvalue weighted by Crippen LogP contribution is -2.14. The molecule has 0 unspecified atom stereocenters. The van der Waals surface area contributed by atoms with Gasteiger partial charge in [-0.3, -0.25) is 9.89 Å². The van der Waals surface area contributed by atoms with Gasteiger partial charge in [0, 0.05) is 12.1 Å². The molecule has 0 saturated heterocycles. The monoisotopic (exact) mass is 316 g/mol. The number of ether oxygens (including phenoxy) is 1. The minimum Gasteiger partial charge on any atom is -0.378 e. The Balaban J connectivity index is 2.49. The predicted molar refractivity (Wildman–Crippen MR) is 69.8 cm³/mol. The van der Waals surface area contributed by atoms with E-state index in [1.54, 1.807) is 31.4 Å². The summed E-state index contributed by atoms with van der Waals surface area (Å²) in [7, 11) is 1.57. The largest absolute Gasteiger partial charge is 0.378 e. The normalized spacial score (nSPS) is 10.8. The molecule has 0 fully saturated rings. The van der Waals surface area contributed by atoms with Crippen molar-refractivity contribution >= 4 is 27.5 Å². The molecule has 2 aromatic rings. The molecule has 0 atom stereocenters. The summed E-state index contributed by atoms with van der Waals surface area (Å²) in [6.07, 6.45) is 0. The Kier molecular flexibility index (Phi) is 3.71. The van der Waals surface area contributed by atoms with Crippen molar-refractivity contribution in [3.63, 3.8) is 0 Å². The van der Waals surface area contributed by atoms with Gasteiger partial charge in [-0.05, 0) is 40.2 Å². The molecule has 0 aliphatic carbocycles. The lowest BCUT2D eigenvalue weighted by atomic mass is 10.3. The summed E-state index contributed by atoms with van der Waals surface area (Å²) >= 11 is 9.04. The molecule has 1 heterocycles. The van der Waals surface area contributed by atoms with Gasteiger partial charge < -0.3 is 4.74 Å². The highest BCUT2D eigenvalue weighted by atomic mass is 79.9. The Bertz CT molecular complexity index is 574. The first-order chi connectivity index (χ1) is 8.13. The molecule has 0 amide bonds. The number of rotatable bonds is 3. The molecule has 6 heteroatoms. The van der Waals surface area contributed by atoms with Gasteiger partial charge in [-0.15, -0.1) is 0 Å². The second-order valence-electron chi connectivity index (χ2n) is 3.45. The molecule has 17 heavy (non-hydrogen) atoms. The van der Waals surface area contributed by atoms with Crippen LogP contribution >= 0.6 is 27.5 Å². The number of aromatic nitrogens is 2. The van der Waals surface area contributed by atoms with Crippen molar-refractivity contribution in [3.05, 3.63) is 49.8 Å². The fraction of sp³-hybridized carbons (Fsp3) is 0.182. The van der Waals surface area contributed by atoms with Gasteiger partial charge in [0.2, 0.25) is 0 Å². The summed E-state index contributed by atoms with van der Waals surface area (Å²) in [5.74, 6) is 0.